The van der Waals surface area contributed by atoms with Crippen LogP contribution in [0.15, 0.2) is 136 Å². The molecule has 0 spiro atoms. The summed E-state index contributed by atoms with van der Waals surface area (Å²) in [5, 5.41) is 128. The van der Waals surface area contributed by atoms with E-state index in [1.807, 2.05) is 0 Å². The third-order valence-corrected chi connectivity index (χ3v) is 19.1. The molecule has 0 fully saturated rings. The smallest absolute Gasteiger partial charge is 0.343 e. The van der Waals surface area contributed by atoms with Crippen molar-refractivity contribution >= 4 is 139 Å². The molecule has 0 aliphatic rings. The number of azo groups is 6. The number of nitrogens with two attached hydrogens (primary N) is 6. The number of nitrogen functional groups attached to an aromatic ring is 6. The minimum Gasteiger partial charge on any atom is -0.465 e. The van der Waals surface area contributed by atoms with Gasteiger partial charge in [0.2, 0.25) is 0 Å². The maximum Gasteiger partial charge on any atom is 0.343 e. The van der Waals surface area contributed by atoms with Crippen molar-refractivity contribution in [3.8, 4) is 34.9 Å². The van der Waals surface area contributed by atoms with Gasteiger partial charge < -0.3 is 63.9 Å². The first kappa shape index (κ1) is 91.2. The van der Waals surface area contributed by atoms with E-state index in [1.165, 1.54) is 134 Å². The van der Waals surface area contributed by atoms with Crippen molar-refractivity contribution in [3.05, 3.63) is 142 Å². The zero-order valence-corrected chi connectivity index (χ0v) is 72.3. The first-order valence-electron chi connectivity index (χ1n) is 38.0. The Morgan fingerprint density at radius 1 is 0.280 bits per heavy atom. The van der Waals surface area contributed by atoms with Crippen molar-refractivity contribution in [3.63, 3.8) is 0 Å². The second-order valence-corrected chi connectivity index (χ2v) is 27.5. The van der Waals surface area contributed by atoms with Crippen LogP contribution >= 0.6 is 0 Å². The van der Waals surface area contributed by atoms with Gasteiger partial charge in [0.05, 0.1) is 109 Å². The summed E-state index contributed by atoms with van der Waals surface area (Å²) in [7, 11) is 13.3. The highest BCUT2D eigenvalue weighted by molar-refractivity contribution is 6.02. The Balaban J connectivity index is 0.000000168. The van der Waals surface area contributed by atoms with Gasteiger partial charge in [0, 0.05) is 60.5 Å². The molecule has 15 heterocycles. The largest absolute Gasteiger partial charge is 0.465 e. The number of ether oxygens (including phenoxy) is 3. The second-order valence-electron chi connectivity index (χ2n) is 27.5. The highest BCUT2D eigenvalue weighted by Gasteiger charge is 2.29. The van der Waals surface area contributed by atoms with Gasteiger partial charge in [-0.15, -0.1) is 61.4 Å². The molecule has 132 heavy (non-hydrogen) atoms. The lowest BCUT2D eigenvalue weighted by Crippen LogP contribution is -2.09. The Labute approximate surface area is 739 Å². The molecule has 0 radical (unpaired) electrons. The van der Waals surface area contributed by atoms with Crippen LogP contribution in [0.25, 0.3) is 34.9 Å². The summed E-state index contributed by atoms with van der Waals surface area (Å²) >= 11 is 0. The van der Waals surface area contributed by atoms with Crippen molar-refractivity contribution in [1.82, 2.24) is 147 Å². The van der Waals surface area contributed by atoms with E-state index in [9.17, 15) is 44.1 Å². The third-order valence-electron chi connectivity index (χ3n) is 19.1. The minimum absolute atomic E-state index is 0.102. The molecule has 60 heteroatoms. The Hall–Kier alpha value is -18.5. The lowest BCUT2D eigenvalue weighted by Gasteiger charge is -2.06. The Morgan fingerprint density at radius 2 is 0.439 bits per heavy atom. The second kappa shape index (κ2) is 38.1. The molecule has 0 saturated carbocycles. The molecule has 15 aromatic heterocycles. The van der Waals surface area contributed by atoms with E-state index in [0.717, 1.165) is 0 Å². The molecule has 0 aliphatic carbocycles. The molecule has 678 valence electrons. The van der Waals surface area contributed by atoms with Crippen LogP contribution in [0, 0.1) is 41.5 Å². The van der Waals surface area contributed by atoms with Gasteiger partial charge in [-0.1, -0.05) is 0 Å². The highest BCUT2D eigenvalue weighted by atomic mass is 16.5. The number of rotatable bonds is 27. The van der Waals surface area contributed by atoms with E-state index in [2.05, 4.69) is 152 Å². The van der Waals surface area contributed by atoms with E-state index in [1.54, 1.807) is 102 Å². The van der Waals surface area contributed by atoms with Crippen LogP contribution in [0.3, 0.4) is 0 Å². The van der Waals surface area contributed by atoms with Crippen molar-refractivity contribution < 1.29 is 58.3 Å². The highest BCUT2D eigenvalue weighted by Crippen LogP contribution is 2.39. The molecule has 0 bridgehead atoms. The van der Waals surface area contributed by atoms with E-state index < -0.39 is 55.1 Å². The monoisotopic (exact) mass is 1810 g/mol. The van der Waals surface area contributed by atoms with E-state index in [0.29, 0.717) is 34.2 Å². The zero-order valence-electron chi connectivity index (χ0n) is 72.3. The topological polar surface area (TPSA) is 786 Å². The number of ketones is 3. The van der Waals surface area contributed by atoms with E-state index in [4.69, 9.17) is 48.6 Å². The molecule has 0 saturated heterocycles. The third kappa shape index (κ3) is 17.9. The fourth-order valence-corrected chi connectivity index (χ4v) is 12.2. The van der Waals surface area contributed by atoms with Gasteiger partial charge in [-0.3, -0.25) is 14.4 Å². The quantitative estimate of drug-likeness (QED) is 0.0130. The summed E-state index contributed by atoms with van der Waals surface area (Å²) in [6, 6.07) is 4.63. The van der Waals surface area contributed by atoms with Gasteiger partial charge in [-0.2, -0.15) is 89.3 Å². The van der Waals surface area contributed by atoms with Crippen LogP contribution in [-0.2, 0) is 56.5 Å². The average molecular weight is 1810 g/mol. The van der Waals surface area contributed by atoms with Crippen LogP contribution in [0.1, 0.15) is 96.3 Å². The molecular weight excluding hydrogens is 1730 g/mol. The van der Waals surface area contributed by atoms with Crippen molar-refractivity contribution in [1.29, 1.82) is 0 Å². The molecule has 0 unspecified atom stereocenters. The number of carbonyl (C=O) groups is 6. The van der Waals surface area contributed by atoms with Crippen LogP contribution in [0.2, 0.25) is 0 Å². The van der Waals surface area contributed by atoms with Crippen LogP contribution in [-0.4, -0.2) is 239 Å². The molecule has 0 aliphatic heterocycles. The first-order chi connectivity index (χ1) is 63.1. The van der Waals surface area contributed by atoms with Crippen LogP contribution < -0.4 is 34.4 Å². The summed E-state index contributed by atoms with van der Waals surface area (Å²) in [6.07, 6.45) is 11.7. The molecule has 0 atom stereocenters. The van der Waals surface area contributed by atoms with E-state index in [-0.39, 0.29) is 172 Å². The summed E-state index contributed by atoms with van der Waals surface area (Å²) < 4.78 is 30.5. The van der Waals surface area contributed by atoms with Crippen LogP contribution in [0.5, 0.6) is 0 Å². The number of hydrogen-bond donors (Lipinski definition) is 9. The fraction of sp³-hybridized carbons (Fsp3) is 0.250. The summed E-state index contributed by atoms with van der Waals surface area (Å²) in [5.41, 5.74) is 42.9. The first-order valence-corrected chi connectivity index (χ1v) is 38.0. The van der Waals surface area contributed by atoms with E-state index >= 15 is 0 Å². The molecule has 15 rings (SSSR count). The zero-order chi connectivity index (χ0) is 95.1. The lowest BCUT2D eigenvalue weighted by atomic mass is 10.2. The lowest BCUT2D eigenvalue weighted by molar-refractivity contribution is 0.0592. The molecule has 15 aromatic rings. The van der Waals surface area contributed by atoms with Crippen LogP contribution in [0.4, 0.5) is 104 Å². The summed E-state index contributed by atoms with van der Waals surface area (Å²) in [6.45, 7) is 7.97. The molecular formula is C72H78N48O12. The number of aromatic nitrogens is 30. The molecule has 60 nitrogen and oxygen atoms in total. The number of nitrogens with zero attached hydrogens (tertiary/aromatic N) is 42. The fourth-order valence-electron chi connectivity index (χ4n) is 12.2. The maximum absolute atomic E-state index is 12.0. The normalized spacial score (nSPS) is 11.7. The van der Waals surface area contributed by atoms with Crippen molar-refractivity contribution in [2.24, 2.45) is 104 Å². The van der Waals surface area contributed by atoms with Gasteiger partial charge in [-0.05, 0) is 41.5 Å². The standard InChI is InChI=1S/3C24H26N16O4/c3*1-11-18(31-33-22-13(15(42)9-41)7-29-37(22)3)20(25)39(35-11)16-6-17(28-10-27-16)40-21(26)19(12(2)36-40)32-34-23-14(24(43)44-5)8-30-38(23)4/h3*6-8,10,41H,9,25-26H2,1-5H3. The predicted octanol–water partition coefficient (Wildman–Crippen LogP) is 5.67. The van der Waals surface area contributed by atoms with Gasteiger partial charge in [0.15, 0.2) is 156 Å². The number of methoxy groups -OCH3 is 3. The number of aryl methyl sites for hydroxylation is 12. The number of Topliss-reactive ketones (excluding diaryl/α,β-unsaturated/α-hetero) is 3. The SMILES string of the molecule is COC(=O)c1cnn(C)c1N=Nc1c(C)nn(-c2cc(-n3nc(C)c(N=Nc4c(C(=O)CO)cnn4C)c3N)ncn2)c1N.COC(=O)c1cnn(C)c1N=Nc1c(C)nn(-c2cc(-n3nc(C)c(N=Nc4c(C(=O)CO)cnn4C)c3N)ncn2)c1N.COC(=O)c1cnn(C)c1N=Nc1c(C)nn(-c2cc(-n3nc(C)c(N=Nc4c(C(=O)CO)cnn4C)c3N)ncn2)c1N. The molecule has 15 N–H and O–H groups in total. The minimum atomic E-state index is -0.700. The number of aliphatic hydroxyl groups is 3. The van der Waals surface area contributed by atoms with Crippen molar-refractivity contribution in [2.75, 3.05) is 75.6 Å². The van der Waals surface area contributed by atoms with Gasteiger partial charge in [0.25, 0.3) is 0 Å². The number of hydrogen-bond acceptors (Lipinski definition) is 48. The molecule has 0 amide bonds. The Morgan fingerprint density at radius 3 is 0.598 bits per heavy atom. The molecule has 0 aromatic carbocycles. The van der Waals surface area contributed by atoms with Gasteiger partial charge in [-0.25, -0.2) is 72.4 Å². The predicted molar refractivity (Wildman–Crippen MR) is 456 cm³/mol. The Bertz CT molecular complexity index is 6140. The van der Waals surface area contributed by atoms with Gasteiger partial charge in [0.1, 0.15) is 55.5 Å². The summed E-state index contributed by atoms with van der Waals surface area (Å²) in [4.78, 5) is 97.8. The van der Waals surface area contributed by atoms with Gasteiger partial charge >= 0.3 is 17.9 Å². The van der Waals surface area contributed by atoms with Crippen molar-refractivity contribution in [2.45, 2.75) is 41.5 Å². The number of aliphatic hydroxyl groups excluding tert-OH is 3. The average Bonchev–Trinajstić information content (AvgIpc) is 1.63. The maximum atomic E-state index is 12.0. The number of anilines is 6. The Kier molecular flexibility index (Phi) is 26.3. The number of carbonyl (C=O) groups excluding carboxylic acids is 6. The number of esters is 3. The summed E-state index contributed by atoms with van der Waals surface area (Å²) in [5.74, 6) is -0.320.